The molecule has 1 amide bonds. The first-order chi connectivity index (χ1) is 15.0. The third-order valence-electron chi connectivity index (χ3n) is 5.37. The first kappa shape index (κ1) is 20.9. The summed E-state index contributed by atoms with van der Waals surface area (Å²) in [6.07, 6.45) is 3.90. The van der Waals surface area contributed by atoms with E-state index in [1.807, 2.05) is 90.1 Å². The van der Waals surface area contributed by atoms with Crippen LogP contribution in [0.4, 0.5) is 0 Å². The molecule has 0 aliphatic heterocycles. The molecule has 6 nitrogen and oxygen atoms in total. The highest BCUT2D eigenvalue weighted by molar-refractivity contribution is 6.30. The highest BCUT2D eigenvalue weighted by atomic mass is 35.5. The Morgan fingerprint density at radius 3 is 2.48 bits per heavy atom. The summed E-state index contributed by atoms with van der Waals surface area (Å²) in [5.41, 5.74) is 4.79. The van der Waals surface area contributed by atoms with Gasteiger partial charge in [-0.1, -0.05) is 41.9 Å². The van der Waals surface area contributed by atoms with Crippen molar-refractivity contribution in [2.45, 2.75) is 26.3 Å². The van der Waals surface area contributed by atoms with Crippen LogP contribution in [-0.2, 0) is 11.2 Å². The number of benzene rings is 2. The number of nitrogens with one attached hydrogen (secondary N) is 1. The van der Waals surface area contributed by atoms with Crippen molar-refractivity contribution in [3.8, 4) is 5.69 Å². The molecule has 7 heteroatoms. The number of aryl methyl sites for hydroxylation is 1. The molecule has 0 aliphatic carbocycles. The fraction of sp³-hybridized carbons (Fsp3) is 0.208. The van der Waals surface area contributed by atoms with E-state index in [0.717, 1.165) is 28.2 Å². The molecule has 0 saturated carbocycles. The number of para-hydroxylation sites is 1. The van der Waals surface area contributed by atoms with E-state index >= 15 is 0 Å². The summed E-state index contributed by atoms with van der Waals surface area (Å²) < 4.78 is 3.73. The van der Waals surface area contributed by atoms with Gasteiger partial charge in [0.15, 0.2) is 0 Å². The van der Waals surface area contributed by atoms with Crippen LogP contribution in [0.2, 0.25) is 5.02 Å². The van der Waals surface area contributed by atoms with Gasteiger partial charge < -0.3 is 5.32 Å². The summed E-state index contributed by atoms with van der Waals surface area (Å²) in [6.45, 7) is 4.36. The maximum absolute atomic E-state index is 12.8. The first-order valence-corrected chi connectivity index (χ1v) is 10.5. The van der Waals surface area contributed by atoms with Crippen molar-refractivity contribution in [3.05, 3.63) is 101 Å². The second-order valence-electron chi connectivity index (χ2n) is 7.43. The zero-order valence-corrected chi connectivity index (χ0v) is 18.3. The van der Waals surface area contributed by atoms with Gasteiger partial charge in [0.2, 0.25) is 5.91 Å². The van der Waals surface area contributed by atoms with Crippen LogP contribution in [0.5, 0.6) is 0 Å². The van der Waals surface area contributed by atoms with Gasteiger partial charge >= 0.3 is 0 Å². The number of hydrogen-bond acceptors (Lipinski definition) is 3. The Morgan fingerprint density at radius 1 is 1.06 bits per heavy atom. The minimum absolute atomic E-state index is 0.0510. The second kappa shape index (κ2) is 9.18. The molecule has 0 spiro atoms. The van der Waals surface area contributed by atoms with Gasteiger partial charge in [0.1, 0.15) is 0 Å². The zero-order valence-electron chi connectivity index (χ0n) is 17.5. The monoisotopic (exact) mass is 433 g/mol. The summed E-state index contributed by atoms with van der Waals surface area (Å²) in [4.78, 5) is 12.8. The van der Waals surface area contributed by atoms with Crippen LogP contribution in [0.3, 0.4) is 0 Å². The van der Waals surface area contributed by atoms with Gasteiger partial charge in [0.25, 0.3) is 0 Å². The molecular formula is C24H24ClN5O. The van der Waals surface area contributed by atoms with Gasteiger partial charge in [0.05, 0.1) is 23.8 Å². The normalized spacial score (nSPS) is 12.0. The smallest absolute Gasteiger partial charge is 0.224 e. The lowest BCUT2D eigenvalue weighted by molar-refractivity contribution is -0.120. The molecule has 1 atom stereocenters. The highest BCUT2D eigenvalue weighted by Crippen LogP contribution is 2.21. The Hall–Kier alpha value is -3.38. The average molecular weight is 434 g/mol. The van der Waals surface area contributed by atoms with Crippen molar-refractivity contribution in [1.82, 2.24) is 24.9 Å². The fourth-order valence-electron chi connectivity index (χ4n) is 3.70. The first-order valence-electron chi connectivity index (χ1n) is 10.1. The Labute approximate surface area is 186 Å². The van der Waals surface area contributed by atoms with Crippen LogP contribution >= 0.6 is 11.6 Å². The molecule has 2 aromatic carbocycles. The zero-order chi connectivity index (χ0) is 21.8. The molecule has 2 heterocycles. The minimum atomic E-state index is -0.120. The SMILES string of the molecule is Cc1nn(-c2ccccc2)c(C)c1CC(=O)NCC(c1ccc(Cl)cc1)n1cccn1. The van der Waals surface area contributed by atoms with Gasteiger partial charge in [-0.25, -0.2) is 4.68 Å². The van der Waals surface area contributed by atoms with Gasteiger partial charge in [-0.15, -0.1) is 0 Å². The Balaban J connectivity index is 1.48. The lowest BCUT2D eigenvalue weighted by Gasteiger charge is -2.19. The summed E-state index contributed by atoms with van der Waals surface area (Å²) in [5.74, 6) is -0.0510. The predicted molar refractivity (Wildman–Crippen MR) is 122 cm³/mol. The average Bonchev–Trinajstić information content (AvgIpc) is 3.40. The largest absolute Gasteiger partial charge is 0.353 e. The molecular weight excluding hydrogens is 410 g/mol. The molecule has 0 fully saturated rings. The van der Waals surface area contributed by atoms with Crippen molar-refractivity contribution in [2.24, 2.45) is 0 Å². The van der Waals surface area contributed by atoms with Crippen LogP contribution in [0.1, 0.15) is 28.6 Å². The van der Waals surface area contributed by atoms with Crippen molar-refractivity contribution in [1.29, 1.82) is 0 Å². The van der Waals surface area contributed by atoms with Crippen LogP contribution < -0.4 is 5.32 Å². The molecule has 1 N–H and O–H groups in total. The number of aromatic nitrogens is 4. The molecule has 158 valence electrons. The van der Waals surface area contributed by atoms with Gasteiger partial charge in [0, 0.05) is 35.2 Å². The lowest BCUT2D eigenvalue weighted by Crippen LogP contribution is -2.32. The molecule has 0 aliphatic rings. The van der Waals surface area contributed by atoms with E-state index in [4.69, 9.17) is 11.6 Å². The van der Waals surface area contributed by atoms with E-state index in [1.165, 1.54) is 0 Å². The van der Waals surface area contributed by atoms with E-state index in [2.05, 4.69) is 15.5 Å². The summed E-state index contributed by atoms with van der Waals surface area (Å²) in [5, 5.41) is 12.7. The molecule has 0 bridgehead atoms. The van der Waals surface area contributed by atoms with Crippen molar-refractivity contribution >= 4 is 17.5 Å². The van der Waals surface area contributed by atoms with Crippen LogP contribution in [0.25, 0.3) is 5.69 Å². The third kappa shape index (κ3) is 4.70. The van der Waals surface area contributed by atoms with Gasteiger partial charge in [-0.3, -0.25) is 9.48 Å². The van der Waals surface area contributed by atoms with Crippen molar-refractivity contribution < 1.29 is 4.79 Å². The highest BCUT2D eigenvalue weighted by Gasteiger charge is 2.19. The van der Waals surface area contributed by atoms with Crippen molar-refractivity contribution in [2.75, 3.05) is 6.54 Å². The third-order valence-corrected chi connectivity index (χ3v) is 5.62. The molecule has 4 rings (SSSR count). The molecule has 0 saturated heterocycles. The number of amides is 1. The van der Waals surface area contributed by atoms with E-state index in [-0.39, 0.29) is 18.4 Å². The number of carbonyl (C=O) groups excluding carboxylic acids is 1. The quantitative estimate of drug-likeness (QED) is 0.473. The number of hydrogen-bond donors (Lipinski definition) is 1. The molecule has 4 aromatic rings. The van der Waals surface area contributed by atoms with E-state index in [1.54, 1.807) is 6.20 Å². The maximum atomic E-state index is 12.8. The number of carbonyl (C=O) groups is 1. The standard InChI is InChI=1S/C24H24ClN5O/c1-17-22(18(2)30(28-17)21-7-4-3-5-8-21)15-24(31)26-16-23(29-14-6-13-27-29)19-9-11-20(25)12-10-19/h3-14,23H,15-16H2,1-2H3,(H,26,31). The fourth-order valence-corrected chi connectivity index (χ4v) is 3.83. The molecule has 1 unspecified atom stereocenters. The van der Waals surface area contributed by atoms with E-state index in [9.17, 15) is 4.79 Å². The summed E-state index contributed by atoms with van der Waals surface area (Å²) in [7, 11) is 0. The van der Waals surface area contributed by atoms with Crippen LogP contribution in [0, 0.1) is 13.8 Å². The van der Waals surface area contributed by atoms with Gasteiger partial charge in [-0.2, -0.15) is 10.2 Å². The summed E-state index contributed by atoms with van der Waals surface area (Å²) >= 11 is 6.03. The lowest BCUT2D eigenvalue weighted by atomic mass is 10.1. The number of rotatable bonds is 7. The Kier molecular flexibility index (Phi) is 6.18. The van der Waals surface area contributed by atoms with Crippen molar-refractivity contribution in [3.63, 3.8) is 0 Å². The maximum Gasteiger partial charge on any atom is 0.224 e. The molecule has 31 heavy (non-hydrogen) atoms. The molecule has 0 radical (unpaired) electrons. The van der Waals surface area contributed by atoms with E-state index in [0.29, 0.717) is 11.6 Å². The number of nitrogens with zero attached hydrogens (tertiary/aromatic N) is 4. The topological polar surface area (TPSA) is 64.7 Å². The van der Waals surface area contributed by atoms with Crippen LogP contribution in [0.15, 0.2) is 73.1 Å². The van der Waals surface area contributed by atoms with Crippen LogP contribution in [-0.4, -0.2) is 32.0 Å². The van der Waals surface area contributed by atoms with Gasteiger partial charge in [-0.05, 0) is 49.7 Å². The van der Waals surface area contributed by atoms with E-state index < -0.39 is 0 Å². The summed E-state index contributed by atoms with van der Waals surface area (Å²) in [6, 6.07) is 19.3. The number of halogens is 1. The molecule has 2 aromatic heterocycles. The predicted octanol–water partition coefficient (Wildman–Crippen LogP) is 4.29. The second-order valence-corrected chi connectivity index (χ2v) is 7.87. The minimum Gasteiger partial charge on any atom is -0.353 e. The Morgan fingerprint density at radius 2 is 1.81 bits per heavy atom. The Bertz CT molecular complexity index is 1150.